The molecule has 2 aromatic heterocycles. The van der Waals surface area contributed by atoms with E-state index in [0.717, 1.165) is 11.5 Å². The van der Waals surface area contributed by atoms with E-state index in [1.165, 1.54) is 24.5 Å². The van der Waals surface area contributed by atoms with E-state index in [2.05, 4.69) is 19.7 Å². The van der Waals surface area contributed by atoms with Crippen molar-refractivity contribution in [3.05, 3.63) is 51.6 Å². The molecule has 0 fully saturated rings. The highest BCUT2D eigenvalue weighted by Gasteiger charge is 2.18. The Morgan fingerprint density at radius 3 is 2.90 bits per heavy atom. The van der Waals surface area contributed by atoms with Crippen molar-refractivity contribution >= 4 is 34.2 Å². The molecule has 3 aromatic rings. The number of nitrogens with zero attached hydrogens (tertiary/aromatic N) is 2. The van der Waals surface area contributed by atoms with Crippen LogP contribution in [0.3, 0.4) is 0 Å². The molecule has 20 heavy (non-hydrogen) atoms. The Balaban J connectivity index is 2.00. The van der Waals surface area contributed by atoms with Crippen molar-refractivity contribution in [2.75, 3.05) is 5.32 Å². The van der Waals surface area contributed by atoms with Crippen LogP contribution in [0.2, 0.25) is 0 Å². The predicted octanol–water partition coefficient (Wildman–Crippen LogP) is 1.77. The van der Waals surface area contributed by atoms with Crippen molar-refractivity contribution in [1.82, 2.24) is 14.3 Å². The number of nitrogens with one attached hydrogen (secondary N) is 2. The Morgan fingerprint density at radius 2 is 2.10 bits per heavy atom. The average molecular weight is 290 g/mol. The van der Waals surface area contributed by atoms with Gasteiger partial charge in [-0.3, -0.25) is 9.59 Å². The summed E-state index contributed by atoms with van der Waals surface area (Å²) in [5.74, 6) is -1.10. The first-order valence-corrected chi connectivity index (χ1v) is 6.33. The Labute approximate surface area is 115 Å². The summed E-state index contributed by atoms with van der Waals surface area (Å²) < 4.78 is 17.4. The summed E-state index contributed by atoms with van der Waals surface area (Å²) in [7, 11) is 0. The van der Waals surface area contributed by atoms with Gasteiger partial charge in [0.1, 0.15) is 16.2 Å². The smallest absolute Gasteiger partial charge is 0.278 e. The lowest BCUT2D eigenvalue weighted by atomic mass is 10.3. The van der Waals surface area contributed by atoms with Crippen LogP contribution in [0.15, 0.2) is 35.4 Å². The Hall–Kier alpha value is -2.61. The molecule has 0 aliphatic carbocycles. The number of fused-ring (bicyclic) bond motifs is 1. The minimum Gasteiger partial charge on any atom is -0.319 e. The van der Waals surface area contributed by atoms with Crippen LogP contribution in [0.25, 0.3) is 11.0 Å². The number of rotatable bonds is 2. The average Bonchev–Trinajstić information content (AvgIpc) is 2.87. The maximum absolute atomic E-state index is 13.5. The molecule has 0 aliphatic heterocycles. The van der Waals surface area contributed by atoms with Gasteiger partial charge in [0, 0.05) is 0 Å². The molecule has 0 aliphatic rings. The first-order chi connectivity index (χ1) is 9.66. The maximum atomic E-state index is 13.5. The lowest BCUT2D eigenvalue weighted by Crippen LogP contribution is -2.13. The molecule has 0 atom stereocenters. The van der Waals surface area contributed by atoms with Crippen molar-refractivity contribution in [1.29, 1.82) is 0 Å². The maximum Gasteiger partial charge on any atom is 0.278 e. The second kappa shape index (κ2) is 4.82. The van der Waals surface area contributed by atoms with Crippen LogP contribution in [-0.2, 0) is 0 Å². The van der Waals surface area contributed by atoms with E-state index < -0.39 is 17.3 Å². The minimum atomic E-state index is -0.555. The molecule has 0 saturated heterocycles. The second-order valence-electron chi connectivity index (χ2n) is 3.87. The van der Waals surface area contributed by atoms with Crippen LogP contribution in [0.5, 0.6) is 0 Å². The highest BCUT2D eigenvalue weighted by molar-refractivity contribution is 7.09. The lowest BCUT2D eigenvalue weighted by molar-refractivity contribution is 0.103. The summed E-state index contributed by atoms with van der Waals surface area (Å²) in [6, 6.07) is 5.81. The van der Waals surface area contributed by atoms with E-state index in [1.807, 2.05) is 0 Å². The van der Waals surface area contributed by atoms with E-state index in [0.29, 0.717) is 0 Å². The quantitative estimate of drug-likeness (QED) is 0.753. The molecule has 0 spiro atoms. The number of carbonyl (C=O) groups is 1. The molecule has 0 saturated carbocycles. The molecule has 1 amide bonds. The van der Waals surface area contributed by atoms with E-state index >= 15 is 0 Å². The van der Waals surface area contributed by atoms with Gasteiger partial charge in [-0.05, 0) is 23.7 Å². The summed E-state index contributed by atoms with van der Waals surface area (Å²) >= 11 is 0.843. The molecular formula is C12H7FN4O2S. The number of carbonyl (C=O) groups excluding carboxylic acids is 1. The molecular weight excluding hydrogens is 283 g/mol. The number of anilines is 1. The third-order valence-electron chi connectivity index (χ3n) is 2.60. The largest absolute Gasteiger partial charge is 0.319 e. The summed E-state index contributed by atoms with van der Waals surface area (Å²) in [5.41, 5.74) is -0.0659. The summed E-state index contributed by atoms with van der Waals surface area (Å²) in [5, 5.41) is 2.43. The van der Waals surface area contributed by atoms with Crippen molar-refractivity contribution in [3.63, 3.8) is 0 Å². The molecule has 2 heterocycles. The topological polar surface area (TPSA) is 87.7 Å². The highest BCUT2D eigenvalue weighted by atomic mass is 32.1. The minimum absolute atomic E-state index is 0.0592. The molecule has 3 rings (SSSR count). The molecule has 2 N–H and O–H groups in total. The first kappa shape index (κ1) is 12.4. The number of aromatic amines is 1. The Kier molecular flexibility index (Phi) is 2.99. The summed E-state index contributed by atoms with van der Waals surface area (Å²) in [4.78, 5) is 30.0. The molecule has 100 valence electrons. The zero-order valence-corrected chi connectivity index (χ0v) is 10.7. The third-order valence-corrected chi connectivity index (χ3v) is 3.44. The number of halogens is 1. The summed E-state index contributed by atoms with van der Waals surface area (Å²) in [6.07, 6.45) is 1.19. The second-order valence-corrected chi connectivity index (χ2v) is 4.65. The Bertz CT molecular complexity index is 858. The van der Waals surface area contributed by atoms with E-state index in [1.54, 1.807) is 6.07 Å². The zero-order chi connectivity index (χ0) is 14.1. The lowest BCUT2D eigenvalue weighted by Gasteiger charge is -2.04. The van der Waals surface area contributed by atoms with E-state index in [4.69, 9.17) is 0 Å². The number of hydrogen-bond donors (Lipinski definition) is 2. The fourth-order valence-corrected chi connectivity index (χ4v) is 2.39. The number of amides is 1. The van der Waals surface area contributed by atoms with Gasteiger partial charge in [-0.2, -0.15) is 4.37 Å². The van der Waals surface area contributed by atoms with Gasteiger partial charge in [0.25, 0.3) is 11.5 Å². The molecule has 0 unspecified atom stereocenters. The van der Waals surface area contributed by atoms with Crippen LogP contribution in [0, 0.1) is 5.82 Å². The number of hydrogen-bond acceptors (Lipinski definition) is 5. The predicted molar refractivity (Wildman–Crippen MR) is 72.4 cm³/mol. The van der Waals surface area contributed by atoms with E-state index in [-0.39, 0.29) is 21.6 Å². The number of benzene rings is 1. The Morgan fingerprint density at radius 1 is 1.30 bits per heavy atom. The van der Waals surface area contributed by atoms with Gasteiger partial charge in [-0.1, -0.05) is 12.1 Å². The number of aromatic nitrogens is 3. The highest BCUT2D eigenvalue weighted by Crippen LogP contribution is 2.20. The van der Waals surface area contributed by atoms with Crippen LogP contribution in [-0.4, -0.2) is 20.2 Å². The van der Waals surface area contributed by atoms with Gasteiger partial charge in [-0.25, -0.2) is 9.37 Å². The van der Waals surface area contributed by atoms with Gasteiger partial charge in [-0.15, -0.1) is 0 Å². The number of para-hydroxylation sites is 1. The normalized spacial score (nSPS) is 10.7. The number of H-pyrrole nitrogens is 1. The summed E-state index contributed by atoms with van der Waals surface area (Å²) in [6.45, 7) is 0. The van der Waals surface area contributed by atoms with Crippen LogP contribution >= 0.6 is 11.5 Å². The van der Waals surface area contributed by atoms with Gasteiger partial charge in [0.05, 0.1) is 12.0 Å². The molecule has 0 radical (unpaired) electrons. The molecule has 1 aromatic carbocycles. The van der Waals surface area contributed by atoms with Crippen molar-refractivity contribution in [2.45, 2.75) is 0 Å². The van der Waals surface area contributed by atoms with Gasteiger partial charge in [0.15, 0.2) is 5.52 Å². The van der Waals surface area contributed by atoms with Crippen LogP contribution in [0.1, 0.15) is 9.67 Å². The van der Waals surface area contributed by atoms with Crippen molar-refractivity contribution in [3.8, 4) is 0 Å². The van der Waals surface area contributed by atoms with Gasteiger partial charge < -0.3 is 10.3 Å². The molecule has 8 heteroatoms. The fraction of sp³-hybridized carbons (Fsp3) is 0. The SMILES string of the molecule is O=C(Nc1ccccc1F)c1snc2c(=O)[nH]cnc12. The fourth-order valence-electron chi connectivity index (χ4n) is 1.67. The zero-order valence-electron chi connectivity index (χ0n) is 9.88. The standard InChI is InChI=1S/C12H7FN4O2S/c13-6-3-1-2-4-7(6)16-12(19)10-8-9(17-20-10)11(18)15-5-14-8/h1-5H,(H,16,19)(H,14,15,18). The molecule has 6 nitrogen and oxygen atoms in total. The van der Waals surface area contributed by atoms with Crippen molar-refractivity contribution in [2.24, 2.45) is 0 Å². The molecule has 0 bridgehead atoms. The first-order valence-electron chi connectivity index (χ1n) is 5.56. The van der Waals surface area contributed by atoms with Crippen molar-refractivity contribution < 1.29 is 9.18 Å². The van der Waals surface area contributed by atoms with Crippen LogP contribution < -0.4 is 10.9 Å². The monoisotopic (exact) mass is 290 g/mol. The van der Waals surface area contributed by atoms with Gasteiger partial charge in [0.2, 0.25) is 0 Å². The third kappa shape index (κ3) is 2.05. The van der Waals surface area contributed by atoms with Crippen LogP contribution in [0.4, 0.5) is 10.1 Å². The van der Waals surface area contributed by atoms with Gasteiger partial charge >= 0.3 is 0 Å². The van der Waals surface area contributed by atoms with E-state index in [9.17, 15) is 14.0 Å².